The molecule has 0 saturated heterocycles. The maximum atomic E-state index is 11.3. The van der Waals surface area contributed by atoms with Crippen molar-refractivity contribution in [1.82, 2.24) is 0 Å². The average Bonchev–Trinajstić information content (AvgIpc) is 2.48. The number of alkyl halides is 1. The van der Waals surface area contributed by atoms with Crippen molar-refractivity contribution in [2.45, 2.75) is 19.3 Å². The monoisotopic (exact) mass is 236 g/mol. The van der Waals surface area contributed by atoms with Crippen LogP contribution in [0.25, 0.3) is 0 Å². The number of carbonyl (C=O) groups is 1. The molecule has 0 unspecified atom stereocenters. The van der Waals surface area contributed by atoms with E-state index in [9.17, 15) is 4.79 Å². The molecule has 0 fully saturated rings. The fourth-order valence-corrected chi connectivity index (χ4v) is 2.24. The third kappa shape index (κ3) is 4.12. The first-order chi connectivity index (χ1) is 6.22. The van der Waals surface area contributed by atoms with Gasteiger partial charge >= 0.3 is 0 Å². The van der Waals surface area contributed by atoms with Crippen molar-refractivity contribution in [3.05, 3.63) is 21.3 Å². The van der Waals surface area contributed by atoms with E-state index >= 15 is 0 Å². The van der Waals surface area contributed by atoms with E-state index in [0.29, 0.717) is 18.7 Å². The molecule has 0 atom stereocenters. The summed E-state index contributed by atoms with van der Waals surface area (Å²) in [6.45, 7) is 0. The van der Waals surface area contributed by atoms with E-state index in [4.69, 9.17) is 23.2 Å². The molecular weight excluding hydrogens is 227 g/mol. The largest absolute Gasteiger partial charge is 0.299 e. The smallest absolute Gasteiger partial charge is 0.138 e. The van der Waals surface area contributed by atoms with Crippen molar-refractivity contribution in [2.75, 3.05) is 5.88 Å². The van der Waals surface area contributed by atoms with Gasteiger partial charge in [-0.05, 0) is 18.6 Å². The number of carbonyl (C=O) groups excluding carboxylic acids is 1. The molecule has 0 aliphatic heterocycles. The molecule has 1 aromatic rings. The first kappa shape index (κ1) is 11.0. The summed E-state index contributed by atoms with van der Waals surface area (Å²) >= 11 is 12.7. The predicted molar refractivity (Wildman–Crippen MR) is 58.0 cm³/mol. The van der Waals surface area contributed by atoms with Crippen LogP contribution in [0.3, 0.4) is 0 Å². The Morgan fingerprint density at radius 1 is 1.46 bits per heavy atom. The van der Waals surface area contributed by atoms with Gasteiger partial charge in [-0.25, -0.2) is 0 Å². The molecule has 0 spiro atoms. The van der Waals surface area contributed by atoms with Crippen molar-refractivity contribution in [1.29, 1.82) is 0 Å². The molecule has 0 bridgehead atoms. The number of thiophene rings is 1. The molecule has 0 aromatic carbocycles. The minimum atomic E-state index is 0.235. The zero-order valence-electron chi connectivity index (χ0n) is 7.06. The molecule has 72 valence electrons. The molecule has 4 heteroatoms. The van der Waals surface area contributed by atoms with Crippen LogP contribution in [0.2, 0.25) is 4.34 Å². The number of halogens is 2. The van der Waals surface area contributed by atoms with E-state index in [0.717, 1.165) is 15.6 Å². The molecule has 1 nitrogen and oxygen atoms in total. The summed E-state index contributed by atoms with van der Waals surface area (Å²) in [5, 5.41) is 0. The summed E-state index contributed by atoms with van der Waals surface area (Å²) in [6.07, 6.45) is 1.83. The van der Waals surface area contributed by atoms with Gasteiger partial charge in [0.25, 0.3) is 0 Å². The van der Waals surface area contributed by atoms with Crippen LogP contribution in [0.5, 0.6) is 0 Å². The highest BCUT2D eigenvalue weighted by Gasteiger charge is 2.05. The second-order valence-corrected chi connectivity index (χ2v) is 4.89. The van der Waals surface area contributed by atoms with Gasteiger partial charge in [0.2, 0.25) is 0 Å². The summed E-state index contributed by atoms with van der Waals surface area (Å²) in [7, 11) is 0. The Hall–Kier alpha value is -0.0500. The van der Waals surface area contributed by atoms with Gasteiger partial charge in [-0.1, -0.05) is 11.6 Å². The first-order valence-electron chi connectivity index (χ1n) is 4.04. The zero-order valence-corrected chi connectivity index (χ0v) is 9.38. The van der Waals surface area contributed by atoms with Crippen LogP contribution in [0.1, 0.15) is 17.7 Å². The topological polar surface area (TPSA) is 17.1 Å². The SMILES string of the molecule is O=C(CCCCl)Cc1ccc(Cl)s1. The molecule has 0 radical (unpaired) electrons. The summed E-state index contributed by atoms with van der Waals surface area (Å²) in [5.74, 6) is 0.788. The lowest BCUT2D eigenvalue weighted by Crippen LogP contribution is -2.00. The maximum Gasteiger partial charge on any atom is 0.138 e. The Bertz CT molecular complexity index is 283. The van der Waals surface area contributed by atoms with Crippen LogP contribution in [-0.2, 0) is 11.2 Å². The standard InChI is InChI=1S/C9H10Cl2OS/c10-5-1-2-7(12)6-8-3-4-9(11)13-8/h3-4H,1-2,5-6H2. The second-order valence-electron chi connectivity index (χ2n) is 2.71. The molecule has 1 heterocycles. The Morgan fingerprint density at radius 3 is 2.77 bits per heavy atom. The Kier molecular flexibility index (Phi) is 4.78. The van der Waals surface area contributed by atoms with E-state index in [-0.39, 0.29) is 5.78 Å². The minimum absolute atomic E-state index is 0.235. The van der Waals surface area contributed by atoms with Crippen LogP contribution >= 0.6 is 34.5 Å². The second kappa shape index (κ2) is 5.63. The quantitative estimate of drug-likeness (QED) is 0.716. The lowest BCUT2D eigenvalue weighted by atomic mass is 10.1. The normalized spacial score (nSPS) is 10.3. The van der Waals surface area contributed by atoms with Gasteiger partial charge in [-0.15, -0.1) is 22.9 Å². The first-order valence-corrected chi connectivity index (χ1v) is 5.77. The van der Waals surface area contributed by atoms with Crippen LogP contribution in [0, 0.1) is 0 Å². The molecule has 13 heavy (non-hydrogen) atoms. The number of rotatable bonds is 5. The molecule has 0 aliphatic carbocycles. The fraction of sp³-hybridized carbons (Fsp3) is 0.444. The van der Waals surface area contributed by atoms with Crippen molar-refractivity contribution in [2.24, 2.45) is 0 Å². The molecular formula is C9H10Cl2OS. The molecule has 0 saturated carbocycles. The number of hydrogen-bond acceptors (Lipinski definition) is 2. The summed E-state index contributed by atoms with van der Waals surface area (Å²) < 4.78 is 0.736. The van der Waals surface area contributed by atoms with E-state index in [1.165, 1.54) is 11.3 Å². The summed E-state index contributed by atoms with van der Waals surface area (Å²) in [5.41, 5.74) is 0. The third-order valence-corrected chi connectivity index (χ3v) is 3.09. The summed E-state index contributed by atoms with van der Waals surface area (Å²) in [4.78, 5) is 12.3. The Morgan fingerprint density at radius 2 is 2.23 bits per heavy atom. The van der Waals surface area contributed by atoms with Gasteiger partial charge in [0.15, 0.2) is 0 Å². The molecule has 1 aromatic heterocycles. The van der Waals surface area contributed by atoms with E-state index in [1.807, 2.05) is 12.1 Å². The van der Waals surface area contributed by atoms with Gasteiger partial charge < -0.3 is 0 Å². The Balaban J connectivity index is 2.36. The highest BCUT2D eigenvalue weighted by atomic mass is 35.5. The molecule has 1 rings (SSSR count). The van der Waals surface area contributed by atoms with E-state index in [2.05, 4.69) is 0 Å². The molecule has 0 N–H and O–H groups in total. The van der Waals surface area contributed by atoms with Gasteiger partial charge in [0, 0.05) is 23.6 Å². The Labute approximate surface area is 91.7 Å². The van der Waals surface area contributed by atoms with Crippen LogP contribution in [0.4, 0.5) is 0 Å². The van der Waals surface area contributed by atoms with Crippen molar-refractivity contribution < 1.29 is 4.79 Å². The maximum absolute atomic E-state index is 11.3. The van der Waals surface area contributed by atoms with Crippen LogP contribution in [0.15, 0.2) is 12.1 Å². The van der Waals surface area contributed by atoms with Crippen molar-refractivity contribution in [3.63, 3.8) is 0 Å². The van der Waals surface area contributed by atoms with Gasteiger partial charge in [0.05, 0.1) is 4.34 Å². The number of Topliss-reactive ketones (excluding diaryl/α,β-unsaturated/α-hetero) is 1. The fourth-order valence-electron chi connectivity index (χ4n) is 0.993. The highest BCUT2D eigenvalue weighted by molar-refractivity contribution is 7.16. The molecule has 0 amide bonds. The summed E-state index contributed by atoms with van der Waals surface area (Å²) in [6, 6.07) is 3.71. The zero-order chi connectivity index (χ0) is 9.68. The molecule has 0 aliphatic rings. The van der Waals surface area contributed by atoms with Gasteiger partial charge in [0.1, 0.15) is 5.78 Å². The van der Waals surface area contributed by atoms with E-state index in [1.54, 1.807) is 0 Å². The van der Waals surface area contributed by atoms with Gasteiger partial charge in [-0.3, -0.25) is 4.79 Å². The predicted octanol–water partition coefficient (Wildman–Crippen LogP) is 3.53. The van der Waals surface area contributed by atoms with Crippen LogP contribution < -0.4 is 0 Å². The lowest BCUT2D eigenvalue weighted by Gasteiger charge is -1.95. The van der Waals surface area contributed by atoms with E-state index < -0.39 is 0 Å². The lowest BCUT2D eigenvalue weighted by molar-refractivity contribution is -0.118. The minimum Gasteiger partial charge on any atom is -0.299 e. The number of ketones is 1. The van der Waals surface area contributed by atoms with Crippen molar-refractivity contribution >= 4 is 40.3 Å². The number of hydrogen-bond donors (Lipinski definition) is 0. The highest BCUT2D eigenvalue weighted by Crippen LogP contribution is 2.22. The van der Waals surface area contributed by atoms with Crippen LogP contribution in [-0.4, -0.2) is 11.7 Å². The third-order valence-electron chi connectivity index (χ3n) is 1.59. The van der Waals surface area contributed by atoms with Gasteiger partial charge in [-0.2, -0.15) is 0 Å². The van der Waals surface area contributed by atoms with Crippen molar-refractivity contribution in [3.8, 4) is 0 Å². The average molecular weight is 237 g/mol.